The molecule has 0 radical (unpaired) electrons. The molecule has 0 aliphatic carbocycles. The largest absolute Gasteiger partial charge is 0.320 e. The number of benzene rings is 1. The van der Waals surface area contributed by atoms with Gasteiger partial charge in [-0.25, -0.2) is 4.98 Å². The van der Waals surface area contributed by atoms with Gasteiger partial charge >= 0.3 is 0 Å². The van der Waals surface area contributed by atoms with E-state index in [1.807, 2.05) is 36.5 Å². The lowest BCUT2D eigenvalue weighted by Crippen LogP contribution is -2.10. The molecule has 0 aliphatic rings. The van der Waals surface area contributed by atoms with Crippen LogP contribution in [-0.2, 0) is 0 Å². The fourth-order valence-electron chi connectivity index (χ4n) is 2.46. The molecule has 3 heterocycles. The normalized spacial score (nSPS) is 10.8. The van der Waals surface area contributed by atoms with E-state index < -0.39 is 0 Å². The second-order valence-electron chi connectivity index (χ2n) is 5.41. The Kier molecular flexibility index (Phi) is 4.17. The van der Waals surface area contributed by atoms with Crippen LogP contribution in [0.5, 0.6) is 0 Å². The molecular formula is C19H12ClN3OS. The Morgan fingerprint density at radius 1 is 0.960 bits per heavy atom. The molecule has 6 heteroatoms. The maximum atomic E-state index is 12.4. The summed E-state index contributed by atoms with van der Waals surface area (Å²) in [4.78, 5) is 21.5. The Morgan fingerprint density at radius 2 is 1.80 bits per heavy atom. The van der Waals surface area contributed by atoms with Crippen molar-refractivity contribution in [3.63, 3.8) is 0 Å². The van der Waals surface area contributed by atoms with Gasteiger partial charge in [0.1, 0.15) is 5.15 Å². The highest BCUT2D eigenvalue weighted by atomic mass is 35.5. The number of fused-ring (bicyclic) bond motifs is 1. The van der Waals surface area contributed by atoms with Crippen LogP contribution in [0.4, 0.5) is 5.69 Å². The molecule has 4 rings (SSSR count). The average molecular weight is 366 g/mol. The minimum atomic E-state index is -0.187. The van der Waals surface area contributed by atoms with E-state index in [9.17, 15) is 4.79 Å². The van der Waals surface area contributed by atoms with Crippen molar-refractivity contribution in [2.24, 2.45) is 0 Å². The first kappa shape index (κ1) is 15.7. The van der Waals surface area contributed by atoms with Crippen LogP contribution >= 0.6 is 22.9 Å². The lowest BCUT2D eigenvalue weighted by atomic mass is 10.1. The molecule has 0 aliphatic heterocycles. The molecule has 0 saturated carbocycles. The summed E-state index contributed by atoms with van der Waals surface area (Å²) in [5, 5.41) is 3.20. The van der Waals surface area contributed by atoms with Gasteiger partial charge < -0.3 is 5.32 Å². The molecule has 0 bridgehead atoms. The summed E-state index contributed by atoms with van der Waals surface area (Å²) in [5.74, 6) is -0.187. The summed E-state index contributed by atoms with van der Waals surface area (Å²) in [5.41, 5.74) is 3.54. The standard InChI is InChI=1S/C19H12ClN3OS/c20-18-7-6-14(11-22-18)23-19(24)17-9-15-16(25-17)8-13(10-21-15)12-4-2-1-3-5-12/h1-11H,(H,23,24). The van der Waals surface area contributed by atoms with Gasteiger partial charge in [-0.3, -0.25) is 9.78 Å². The van der Waals surface area contributed by atoms with Crippen molar-refractivity contribution >= 4 is 44.7 Å². The number of rotatable bonds is 3. The molecule has 122 valence electrons. The van der Waals surface area contributed by atoms with Crippen molar-refractivity contribution < 1.29 is 4.79 Å². The Balaban J connectivity index is 1.62. The summed E-state index contributed by atoms with van der Waals surface area (Å²) in [6.07, 6.45) is 3.36. The van der Waals surface area contributed by atoms with Gasteiger partial charge in [0.25, 0.3) is 5.91 Å². The van der Waals surface area contributed by atoms with Crippen LogP contribution in [0.15, 0.2) is 67.0 Å². The van der Waals surface area contributed by atoms with Crippen molar-refractivity contribution in [1.82, 2.24) is 9.97 Å². The summed E-state index contributed by atoms with van der Waals surface area (Å²) in [6.45, 7) is 0. The van der Waals surface area contributed by atoms with Crippen LogP contribution < -0.4 is 5.32 Å². The Bertz CT molecular complexity index is 1050. The van der Waals surface area contributed by atoms with Crippen LogP contribution in [0.1, 0.15) is 9.67 Å². The molecule has 4 nitrogen and oxygen atoms in total. The van der Waals surface area contributed by atoms with E-state index in [-0.39, 0.29) is 5.91 Å². The molecule has 3 aromatic heterocycles. The van der Waals surface area contributed by atoms with Crippen molar-refractivity contribution in [1.29, 1.82) is 0 Å². The molecular weight excluding hydrogens is 354 g/mol. The number of halogens is 1. The van der Waals surface area contributed by atoms with Crippen molar-refractivity contribution in [3.05, 3.63) is 77.0 Å². The molecule has 0 spiro atoms. The lowest BCUT2D eigenvalue weighted by Gasteiger charge is -2.02. The predicted octanol–water partition coefficient (Wildman–Crippen LogP) is 5.26. The molecule has 0 fully saturated rings. The predicted molar refractivity (Wildman–Crippen MR) is 102 cm³/mol. The highest BCUT2D eigenvalue weighted by Crippen LogP contribution is 2.29. The number of aromatic nitrogens is 2. The highest BCUT2D eigenvalue weighted by Gasteiger charge is 2.12. The van der Waals surface area contributed by atoms with E-state index in [2.05, 4.69) is 21.4 Å². The maximum Gasteiger partial charge on any atom is 0.265 e. The zero-order chi connectivity index (χ0) is 17.2. The minimum Gasteiger partial charge on any atom is -0.320 e. The third-order valence-electron chi connectivity index (χ3n) is 3.69. The molecule has 25 heavy (non-hydrogen) atoms. The Hall–Kier alpha value is -2.76. The first-order valence-corrected chi connectivity index (χ1v) is 8.76. The summed E-state index contributed by atoms with van der Waals surface area (Å²) >= 11 is 7.17. The smallest absolute Gasteiger partial charge is 0.265 e. The van der Waals surface area contributed by atoms with Gasteiger partial charge in [-0.1, -0.05) is 41.9 Å². The number of pyridine rings is 2. The van der Waals surface area contributed by atoms with Crippen LogP contribution in [-0.4, -0.2) is 15.9 Å². The second kappa shape index (κ2) is 6.63. The van der Waals surface area contributed by atoms with Crippen LogP contribution in [0.2, 0.25) is 5.15 Å². The first-order chi connectivity index (χ1) is 12.2. The third kappa shape index (κ3) is 3.38. The van der Waals surface area contributed by atoms with E-state index in [0.717, 1.165) is 21.3 Å². The number of anilines is 1. The van der Waals surface area contributed by atoms with Crippen LogP contribution in [0, 0.1) is 0 Å². The molecule has 1 amide bonds. The van der Waals surface area contributed by atoms with Crippen molar-refractivity contribution in [2.75, 3.05) is 5.32 Å². The van der Waals surface area contributed by atoms with Gasteiger partial charge in [0.15, 0.2) is 0 Å². The van der Waals surface area contributed by atoms with Gasteiger partial charge in [-0.05, 0) is 29.8 Å². The van der Waals surface area contributed by atoms with E-state index in [1.165, 1.54) is 17.5 Å². The SMILES string of the molecule is O=C(Nc1ccc(Cl)nc1)c1cc2ncc(-c3ccccc3)cc2s1. The maximum absolute atomic E-state index is 12.4. The van der Waals surface area contributed by atoms with Gasteiger partial charge in [-0.2, -0.15) is 0 Å². The Morgan fingerprint density at radius 3 is 2.56 bits per heavy atom. The number of nitrogens with one attached hydrogen (secondary N) is 1. The number of carbonyl (C=O) groups excluding carboxylic acids is 1. The molecule has 4 aromatic rings. The van der Waals surface area contributed by atoms with E-state index in [0.29, 0.717) is 15.7 Å². The third-order valence-corrected chi connectivity index (χ3v) is 4.98. The molecule has 1 N–H and O–H groups in total. The van der Waals surface area contributed by atoms with Crippen molar-refractivity contribution in [3.8, 4) is 11.1 Å². The van der Waals surface area contributed by atoms with E-state index in [4.69, 9.17) is 11.6 Å². The average Bonchev–Trinajstić information content (AvgIpc) is 3.08. The monoisotopic (exact) mass is 365 g/mol. The number of hydrogen-bond acceptors (Lipinski definition) is 4. The molecule has 0 atom stereocenters. The molecule has 1 aromatic carbocycles. The van der Waals surface area contributed by atoms with Gasteiger partial charge in [-0.15, -0.1) is 11.3 Å². The minimum absolute atomic E-state index is 0.187. The number of nitrogens with zero attached hydrogens (tertiary/aromatic N) is 2. The van der Waals surface area contributed by atoms with E-state index in [1.54, 1.807) is 18.2 Å². The van der Waals surface area contributed by atoms with Crippen molar-refractivity contribution in [2.45, 2.75) is 0 Å². The second-order valence-corrected chi connectivity index (χ2v) is 6.88. The zero-order valence-corrected chi connectivity index (χ0v) is 14.5. The summed E-state index contributed by atoms with van der Waals surface area (Å²) in [6, 6.07) is 17.3. The summed E-state index contributed by atoms with van der Waals surface area (Å²) < 4.78 is 0.973. The topological polar surface area (TPSA) is 54.9 Å². The van der Waals surface area contributed by atoms with Gasteiger partial charge in [0, 0.05) is 11.8 Å². The highest BCUT2D eigenvalue weighted by molar-refractivity contribution is 7.20. The molecule has 0 unspecified atom stereocenters. The van der Waals surface area contributed by atoms with E-state index >= 15 is 0 Å². The van der Waals surface area contributed by atoms with Crippen LogP contribution in [0.3, 0.4) is 0 Å². The first-order valence-electron chi connectivity index (χ1n) is 7.57. The quantitative estimate of drug-likeness (QED) is 0.503. The molecule has 0 saturated heterocycles. The number of amides is 1. The zero-order valence-electron chi connectivity index (χ0n) is 12.9. The number of carbonyl (C=O) groups is 1. The summed E-state index contributed by atoms with van der Waals surface area (Å²) in [7, 11) is 0. The van der Waals surface area contributed by atoms with Gasteiger partial charge in [0.05, 0.1) is 27.0 Å². The fraction of sp³-hybridized carbons (Fsp3) is 0. The Labute approximate surface area is 153 Å². The van der Waals surface area contributed by atoms with Gasteiger partial charge in [0.2, 0.25) is 0 Å². The van der Waals surface area contributed by atoms with Crippen LogP contribution in [0.25, 0.3) is 21.3 Å². The lowest BCUT2D eigenvalue weighted by molar-refractivity contribution is 0.103. The fourth-order valence-corrected chi connectivity index (χ4v) is 3.53. The number of hydrogen-bond donors (Lipinski definition) is 1. The number of thiophene rings is 1.